The van der Waals surface area contributed by atoms with E-state index < -0.39 is 0 Å². The topological polar surface area (TPSA) is 39.4 Å². The third kappa shape index (κ3) is 2.31. The van der Waals surface area contributed by atoms with Crippen LogP contribution in [0.1, 0.15) is 19.4 Å². The molecule has 0 N–H and O–H groups in total. The van der Waals surface area contributed by atoms with Gasteiger partial charge in [-0.2, -0.15) is 0 Å². The van der Waals surface area contributed by atoms with E-state index in [1.165, 1.54) is 0 Å². The number of rotatable bonds is 3. The van der Waals surface area contributed by atoms with Crippen molar-refractivity contribution in [3.8, 4) is 0 Å². The summed E-state index contributed by atoms with van der Waals surface area (Å²) in [5, 5.41) is 0.921. The highest BCUT2D eigenvalue weighted by Crippen LogP contribution is 2.13. The maximum atomic E-state index is 11.6. The highest BCUT2D eigenvalue weighted by molar-refractivity contribution is 5.76. The van der Waals surface area contributed by atoms with Gasteiger partial charge in [0.1, 0.15) is 5.58 Å². The minimum atomic E-state index is -0.320. The highest BCUT2D eigenvalue weighted by Gasteiger charge is 2.05. The lowest BCUT2D eigenvalue weighted by Gasteiger charge is -2.06. The molecule has 0 saturated heterocycles. The van der Waals surface area contributed by atoms with E-state index in [0.29, 0.717) is 17.8 Å². The third-order valence-corrected chi connectivity index (χ3v) is 2.29. The Morgan fingerprint density at radius 3 is 2.81 bits per heavy atom. The first-order valence-corrected chi connectivity index (χ1v) is 5.30. The summed E-state index contributed by atoms with van der Waals surface area (Å²) in [6, 6.07) is 9.27. The number of benzene rings is 1. The lowest BCUT2D eigenvalue weighted by Crippen LogP contribution is -2.11. The summed E-state index contributed by atoms with van der Waals surface area (Å²) < 4.78 is 10.6. The molecule has 0 saturated carbocycles. The Morgan fingerprint density at radius 1 is 1.31 bits per heavy atom. The minimum absolute atomic E-state index is 0.103. The van der Waals surface area contributed by atoms with Crippen molar-refractivity contribution in [3.63, 3.8) is 0 Å². The zero-order chi connectivity index (χ0) is 11.5. The first kappa shape index (κ1) is 10.9. The third-order valence-electron chi connectivity index (χ3n) is 2.29. The second kappa shape index (κ2) is 4.49. The smallest absolute Gasteiger partial charge is 0.341 e. The monoisotopic (exact) mass is 218 g/mol. The van der Waals surface area contributed by atoms with Gasteiger partial charge in [0.15, 0.2) is 0 Å². The molecular weight excluding hydrogens is 204 g/mol. The summed E-state index contributed by atoms with van der Waals surface area (Å²) in [6.07, 6.45) is 0.103. The van der Waals surface area contributed by atoms with Crippen molar-refractivity contribution in [3.05, 3.63) is 46.3 Å². The second-order valence-corrected chi connectivity index (χ2v) is 3.96. The van der Waals surface area contributed by atoms with Crippen molar-refractivity contribution in [1.29, 1.82) is 0 Å². The van der Waals surface area contributed by atoms with Gasteiger partial charge >= 0.3 is 5.63 Å². The number of ether oxygens (including phenoxy) is 1. The van der Waals surface area contributed by atoms with E-state index in [2.05, 4.69) is 0 Å². The Kier molecular flexibility index (Phi) is 3.06. The van der Waals surface area contributed by atoms with Crippen LogP contribution in [0.25, 0.3) is 11.0 Å². The lowest BCUT2D eigenvalue weighted by molar-refractivity contribution is 0.0642. The molecule has 0 aliphatic rings. The summed E-state index contributed by atoms with van der Waals surface area (Å²) in [7, 11) is 0. The van der Waals surface area contributed by atoms with Crippen molar-refractivity contribution >= 4 is 11.0 Å². The van der Waals surface area contributed by atoms with Crippen LogP contribution in [0.3, 0.4) is 0 Å². The maximum Gasteiger partial charge on any atom is 0.341 e. The van der Waals surface area contributed by atoms with Crippen molar-refractivity contribution in [2.24, 2.45) is 0 Å². The average molecular weight is 218 g/mol. The second-order valence-electron chi connectivity index (χ2n) is 3.96. The van der Waals surface area contributed by atoms with Crippen LogP contribution in [0.15, 0.2) is 39.5 Å². The molecule has 0 radical (unpaired) electrons. The van der Waals surface area contributed by atoms with Crippen LogP contribution in [0.5, 0.6) is 0 Å². The number of hydrogen-bond donors (Lipinski definition) is 0. The van der Waals surface area contributed by atoms with Crippen LogP contribution in [0, 0.1) is 0 Å². The average Bonchev–Trinajstić information content (AvgIpc) is 2.26. The van der Waals surface area contributed by atoms with Crippen LogP contribution in [0.4, 0.5) is 0 Å². The largest absolute Gasteiger partial charge is 0.422 e. The summed E-state index contributed by atoms with van der Waals surface area (Å²) in [5.74, 6) is 0. The predicted molar refractivity (Wildman–Crippen MR) is 62.4 cm³/mol. The van der Waals surface area contributed by atoms with E-state index in [9.17, 15) is 4.79 Å². The van der Waals surface area contributed by atoms with Gasteiger partial charge in [-0.05, 0) is 26.0 Å². The fourth-order valence-electron chi connectivity index (χ4n) is 1.46. The molecule has 0 aliphatic carbocycles. The van der Waals surface area contributed by atoms with E-state index in [4.69, 9.17) is 9.15 Å². The normalized spacial score (nSPS) is 11.2. The fourth-order valence-corrected chi connectivity index (χ4v) is 1.46. The van der Waals surface area contributed by atoms with Crippen LogP contribution >= 0.6 is 0 Å². The summed E-state index contributed by atoms with van der Waals surface area (Å²) in [4.78, 5) is 11.6. The Hall–Kier alpha value is -1.61. The first-order valence-electron chi connectivity index (χ1n) is 5.30. The van der Waals surface area contributed by atoms with Crippen molar-refractivity contribution in [2.45, 2.75) is 26.6 Å². The van der Waals surface area contributed by atoms with Gasteiger partial charge in [-0.3, -0.25) is 0 Å². The number of fused-ring (bicyclic) bond motifs is 1. The molecule has 0 fully saturated rings. The molecule has 0 aliphatic heterocycles. The molecular formula is C13H14O3. The first-order chi connectivity index (χ1) is 7.66. The molecule has 0 amide bonds. The molecule has 16 heavy (non-hydrogen) atoms. The molecule has 1 aromatic heterocycles. The van der Waals surface area contributed by atoms with E-state index >= 15 is 0 Å². The Balaban J connectivity index is 2.38. The lowest BCUT2D eigenvalue weighted by atomic mass is 10.2. The molecule has 2 rings (SSSR count). The standard InChI is InChI=1S/C13H14O3/c1-9(2)15-8-11-7-10-5-3-4-6-12(10)16-13(11)14/h3-7,9H,8H2,1-2H3. The zero-order valence-corrected chi connectivity index (χ0v) is 9.40. The van der Waals surface area contributed by atoms with Gasteiger partial charge in [-0.15, -0.1) is 0 Å². The van der Waals surface area contributed by atoms with Crippen LogP contribution in [-0.4, -0.2) is 6.10 Å². The molecule has 84 valence electrons. The van der Waals surface area contributed by atoms with Gasteiger partial charge in [0.05, 0.1) is 18.3 Å². The van der Waals surface area contributed by atoms with Crippen molar-refractivity contribution in [1.82, 2.24) is 0 Å². The van der Waals surface area contributed by atoms with Gasteiger partial charge in [0.25, 0.3) is 0 Å². The Labute approximate surface area is 93.7 Å². The molecule has 2 aromatic rings. The summed E-state index contributed by atoms with van der Waals surface area (Å²) in [5.41, 5.74) is 0.854. The van der Waals surface area contributed by atoms with E-state index in [1.807, 2.05) is 38.1 Å². The van der Waals surface area contributed by atoms with E-state index in [1.54, 1.807) is 6.07 Å². The van der Waals surface area contributed by atoms with Crippen molar-refractivity contribution in [2.75, 3.05) is 0 Å². The molecule has 3 heteroatoms. The molecule has 0 unspecified atom stereocenters. The van der Waals surface area contributed by atoms with Crippen molar-refractivity contribution < 1.29 is 9.15 Å². The van der Waals surface area contributed by atoms with Crippen LogP contribution < -0.4 is 5.63 Å². The van der Waals surface area contributed by atoms with Gasteiger partial charge in [0.2, 0.25) is 0 Å². The van der Waals surface area contributed by atoms with Gasteiger partial charge in [-0.1, -0.05) is 18.2 Å². The van der Waals surface area contributed by atoms with Gasteiger partial charge < -0.3 is 9.15 Å². The predicted octanol–water partition coefficient (Wildman–Crippen LogP) is 2.72. The molecule has 0 atom stereocenters. The van der Waals surface area contributed by atoms with E-state index in [-0.39, 0.29) is 11.7 Å². The maximum absolute atomic E-state index is 11.6. The molecule has 0 bridgehead atoms. The van der Waals surface area contributed by atoms with E-state index in [0.717, 1.165) is 5.39 Å². The molecule has 1 aromatic carbocycles. The minimum Gasteiger partial charge on any atom is -0.422 e. The molecule has 1 heterocycles. The quantitative estimate of drug-likeness (QED) is 0.743. The zero-order valence-electron chi connectivity index (χ0n) is 9.40. The van der Waals surface area contributed by atoms with Crippen LogP contribution in [-0.2, 0) is 11.3 Å². The SMILES string of the molecule is CC(C)OCc1cc2ccccc2oc1=O. The Bertz CT molecular complexity index is 540. The van der Waals surface area contributed by atoms with Gasteiger partial charge in [-0.25, -0.2) is 4.79 Å². The van der Waals surface area contributed by atoms with Gasteiger partial charge in [0, 0.05) is 5.39 Å². The Morgan fingerprint density at radius 2 is 2.06 bits per heavy atom. The fraction of sp³-hybridized carbons (Fsp3) is 0.308. The summed E-state index contributed by atoms with van der Waals surface area (Å²) >= 11 is 0. The molecule has 3 nitrogen and oxygen atoms in total. The number of para-hydroxylation sites is 1. The summed E-state index contributed by atoms with van der Waals surface area (Å²) in [6.45, 7) is 4.16. The highest BCUT2D eigenvalue weighted by atomic mass is 16.5. The van der Waals surface area contributed by atoms with Crippen LogP contribution in [0.2, 0.25) is 0 Å². The molecule has 0 spiro atoms. The number of hydrogen-bond acceptors (Lipinski definition) is 3.